The van der Waals surface area contributed by atoms with Crippen molar-refractivity contribution in [2.24, 2.45) is 0 Å². The summed E-state index contributed by atoms with van der Waals surface area (Å²) in [6.45, 7) is 4.47. The average molecular weight is 291 g/mol. The molecule has 106 valence electrons. The second-order valence-corrected chi connectivity index (χ2v) is 5.08. The molecule has 6 heteroatoms. The zero-order valence-electron chi connectivity index (χ0n) is 11.7. The van der Waals surface area contributed by atoms with Crippen LogP contribution in [0.2, 0.25) is 0 Å². The highest BCUT2D eigenvalue weighted by Gasteiger charge is 2.11. The molecule has 20 heavy (non-hydrogen) atoms. The summed E-state index contributed by atoms with van der Waals surface area (Å²) in [5.74, 6) is 0.582. The third-order valence-electron chi connectivity index (χ3n) is 2.67. The van der Waals surface area contributed by atoms with Crippen molar-refractivity contribution >= 4 is 28.1 Å². The molecule has 0 aliphatic rings. The van der Waals surface area contributed by atoms with Crippen molar-refractivity contribution in [1.82, 2.24) is 10.3 Å². The minimum Gasteiger partial charge on any atom is -0.495 e. The summed E-state index contributed by atoms with van der Waals surface area (Å²) in [6, 6.07) is 5.86. The van der Waals surface area contributed by atoms with E-state index in [0.29, 0.717) is 17.4 Å². The SMILES string of the molecule is CCNC(=O)c1csc(Nc2cc(C)ccc2OC)n1. The molecule has 2 aromatic rings. The molecule has 0 bridgehead atoms. The van der Waals surface area contributed by atoms with Crippen LogP contribution in [0.5, 0.6) is 5.75 Å². The van der Waals surface area contributed by atoms with Crippen molar-refractivity contribution in [1.29, 1.82) is 0 Å². The zero-order chi connectivity index (χ0) is 14.5. The fraction of sp³-hybridized carbons (Fsp3) is 0.286. The number of thiazole rings is 1. The number of nitrogens with one attached hydrogen (secondary N) is 2. The Morgan fingerprint density at radius 3 is 2.95 bits per heavy atom. The number of rotatable bonds is 5. The van der Waals surface area contributed by atoms with Crippen LogP contribution in [-0.4, -0.2) is 24.5 Å². The molecule has 2 N–H and O–H groups in total. The lowest BCUT2D eigenvalue weighted by atomic mass is 10.2. The summed E-state index contributed by atoms with van der Waals surface area (Å²) in [4.78, 5) is 15.9. The van der Waals surface area contributed by atoms with Crippen LogP contribution in [0, 0.1) is 6.92 Å². The van der Waals surface area contributed by atoms with Crippen molar-refractivity contribution in [3.05, 3.63) is 34.8 Å². The van der Waals surface area contributed by atoms with Gasteiger partial charge in [0.05, 0.1) is 12.8 Å². The Kier molecular flexibility index (Phi) is 4.57. The first-order valence-electron chi connectivity index (χ1n) is 6.29. The van der Waals surface area contributed by atoms with E-state index in [2.05, 4.69) is 15.6 Å². The van der Waals surface area contributed by atoms with Gasteiger partial charge in [-0.1, -0.05) is 6.07 Å². The number of benzene rings is 1. The largest absolute Gasteiger partial charge is 0.495 e. The Morgan fingerprint density at radius 1 is 1.45 bits per heavy atom. The van der Waals surface area contributed by atoms with E-state index in [0.717, 1.165) is 17.0 Å². The van der Waals surface area contributed by atoms with E-state index in [9.17, 15) is 4.79 Å². The highest BCUT2D eigenvalue weighted by molar-refractivity contribution is 7.14. The van der Waals surface area contributed by atoms with Crippen LogP contribution in [0.25, 0.3) is 0 Å². The zero-order valence-corrected chi connectivity index (χ0v) is 12.5. The predicted molar refractivity (Wildman–Crippen MR) is 81.1 cm³/mol. The van der Waals surface area contributed by atoms with Gasteiger partial charge in [0.1, 0.15) is 11.4 Å². The number of anilines is 2. The van der Waals surface area contributed by atoms with Gasteiger partial charge in [-0.05, 0) is 31.5 Å². The van der Waals surface area contributed by atoms with Crippen LogP contribution >= 0.6 is 11.3 Å². The van der Waals surface area contributed by atoms with Crippen LogP contribution in [0.3, 0.4) is 0 Å². The van der Waals surface area contributed by atoms with Crippen LogP contribution in [-0.2, 0) is 0 Å². The first kappa shape index (κ1) is 14.3. The molecular weight excluding hydrogens is 274 g/mol. The van der Waals surface area contributed by atoms with E-state index in [-0.39, 0.29) is 5.91 Å². The molecule has 1 amide bonds. The van der Waals surface area contributed by atoms with Crippen LogP contribution < -0.4 is 15.4 Å². The van der Waals surface area contributed by atoms with Gasteiger partial charge in [0.2, 0.25) is 0 Å². The number of amides is 1. The lowest BCUT2D eigenvalue weighted by molar-refractivity contribution is 0.0951. The molecule has 0 aliphatic carbocycles. The molecule has 5 nitrogen and oxygen atoms in total. The van der Waals surface area contributed by atoms with Gasteiger partial charge in [-0.15, -0.1) is 11.3 Å². The monoisotopic (exact) mass is 291 g/mol. The molecule has 0 aliphatic heterocycles. The first-order valence-corrected chi connectivity index (χ1v) is 7.17. The number of aromatic nitrogens is 1. The molecule has 0 saturated carbocycles. The summed E-state index contributed by atoms with van der Waals surface area (Å²) in [5.41, 5.74) is 2.38. The first-order chi connectivity index (χ1) is 9.63. The fourth-order valence-corrected chi connectivity index (χ4v) is 2.42. The Labute approximate surface area is 122 Å². The molecule has 1 aromatic heterocycles. The van der Waals surface area contributed by atoms with Gasteiger partial charge in [0, 0.05) is 11.9 Å². The topological polar surface area (TPSA) is 63.2 Å². The van der Waals surface area contributed by atoms with Gasteiger partial charge in [-0.2, -0.15) is 0 Å². The smallest absolute Gasteiger partial charge is 0.270 e. The highest BCUT2D eigenvalue weighted by Crippen LogP contribution is 2.29. The number of hydrogen-bond acceptors (Lipinski definition) is 5. The van der Waals surface area contributed by atoms with Crippen molar-refractivity contribution in [3.8, 4) is 5.75 Å². The van der Waals surface area contributed by atoms with Gasteiger partial charge in [0.15, 0.2) is 5.13 Å². The molecule has 0 fully saturated rings. The van der Waals surface area contributed by atoms with Gasteiger partial charge < -0.3 is 15.4 Å². The fourth-order valence-electron chi connectivity index (χ4n) is 1.72. The number of ether oxygens (including phenoxy) is 1. The molecule has 0 spiro atoms. The Bertz CT molecular complexity index is 610. The average Bonchev–Trinajstić information content (AvgIpc) is 2.88. The summed E-state index contributed by atoms with van der Waals surface area (Å²) in [6.07, 6.45) is 0. The molecule has 2 rings (SSSR count). The number of carbonyl (C=O) groups is 1. The van der Waals surface area contributed by atoms with Gasteiger partial charge >= 0.3 is 0 Å². The maximum atomic E-state index is 11.7. The number of aryl methyl sites for hydroxylation is 1. The summed E-state index contributed by atoms with van der Waals surface area (Å²) >= 11 is 1.39. The van der Waals surface area contributed by atoms with E-state index >= 15 is 0 Å². The minimum absolute atomic E-state index is 0.159. The van der Waals surface area contributed by atoms with E-state index in [1.807, 2.05) is 32.0 Å². The third kappa shape index (κ3) is 3.27. The minimum atomic E-state index is -0.159. The van der Waals surface area contributed by atoms with Crippen molar-refractivity contribution in [2.45, 2.75) is 13.8 Å². The van der Waals surface area contributed by atoms with E-state index in [4.69, 9.17) is 4.74 Å². The molecular formula is C14H17N3O2S. The Morgan fingerprint density at radius 2 is 2.25 bits per heavy atom. The molecule has 0 saturated heterocycles. The highest BCUT2D eigenvalue weighted by atomic mass is 32.1. The maximum Gasteiger partial charge on any atom is 0.270 e. The number of methoxy groups -OCH3 is 1. The second kappa shape index (κ2) is 6.38. The van der Waals surface area contributed by atoms with Crippen LogP contribution in [0.4, 0.5) is 10.8 Å². The summed E-state index contributed by atoms with van der Waals surface area (Å²) < 4.78 is 5.30. The third-order valence-corrected chi connectivity index (χ3v) is 3.43. The number of hydrogen-bond donors (Lipinski definition) is 2. The van der Waals surface area contributed by atoms with Crippen molar-refractivity contribution in [3.63, 3.8) is 0 Å². The normalized spacial score (nSPS) is 10.2. The van der Waals surface area contributed by atoms with Crippen LogP contribution in [0.15, 0.2) is 23.6 Å². The molecule has 0 unspecified atom stereocenters. The van der Waals surface area contributed by atoms with Crippen molar-refractivity contribution in [2.75, 3.05) is 19.0 Å². The second-order valence-electron chi connectivity index (χ2n) is 4.23. The van der Waals surface area contributed by atoms with Crippen LogP contribution in [0.1, 0.15) is 23.0 Å². The number of nitrogens with zero attached hydrogens (tertiary/aromatic N) is 1. The molecule has 0 radical (unpaired) electrons. The summed E-state index contributed by atoms with van der Waals surface area (Å²) in [5, 5.41) is 8.30. The van der Waals surface area contributed by atoms with E-state index in [1.54, 1.807) is 12.5 Å². The van der Waals surface area contributed by atoms with Gasteiger partial charge in [-0.3, -0.25) is 4.79 Å². The Balaban J connectivity index is 2.18. The molecule has 1 aromatic carbocycles. The lowest BCUT2D eigenvalue weighted by Crippen LogP contribution is -2.22. The molecule has 0 atom stereocenters. The van der Waals surface area contributed by atoms with Gasteiger partial charge in [0.25, 0.3) is 5.91 Å². The predicted octanol–water partition coefficient (Wildman–Crippen LogP) is 2.95. The Hall–Kier alpha value is -2.08. The standard InChI is InChI=1S/C14H17N3O2S/c1-4-15-13(18)11-8-20-14(17-11)16-10-7-9(2)5-6-12(10)19-3/h5-8H,4H2,1-3H3,(H,15,18)(H,16,17). The van der Waals surface area contributed by atoms with Crippen molar-refractivity contribution < 1.29 is 9.53 Å². The van der Waals surface area contributed by atoms with E-state index < -0.39 is 0 Å². The van der Waals surface area contributed by atoms with E-state index in [1.165, 1.54) is 11.3 Å². The van der Waals surface area contributed by atoms with Gasteiger partial charge in [-0.25, -0.2) is 4.98 Å². The molecule has 1 heterocycles. The quantitative estimate of drug-likeness (QED) is 0.889. The summed E-state index contributed by atoms with van der Waals surface area (Å²) in [7, 11) is 1.62. The number of carbonyl (C=O) groups excluding carboxylic acids is 1. The lowest BCUT2D eigenvalue weighted by Gasteiger charge is -2.09. The maximum absolute atomic E-state index is 11.7.